The van der Waals surface area contributed by atoms with Crippen LogP contribution in [0.3, 0.4) is 0 Å². The van der Waals surface area contributed by atoms with Gasteiger partial charge in [0.15, 0.2) is 5.11 Å². The van der Waals surface area contributed by atoms with Crippen molar-refractivity contribution in [1.82, 2.24) is 19.8 Å². The molecule has 31 heavy (non-hydrogen) atoms. The first kappa shape index (κ1) is 21.1. The summed E-state index contributed by atoms with van der Waals surface area (Å²) in [6.07, 6.45) is 1.79. The third-order valence-corrected chi connectivity index (χ3v) is 6.17. The van der Waals surface area contributed by atoms with Crippen LogP contribution >= 0.6 is 12.2 Å². The molecule has 2 N–H and O–H groups in total. The maximum absolute atomic E-state index is 12.9. The normalized spacial score (nSPS) is 18.2. The molecule has 1 saturated heterocycles. The molecule has 3 heterocycles. The summed E-state index contributed by atoms with van der Waals surface area (Å²) in [7, 11) is 0. The van der Waals surface area contributed by atoms with Gasteiger partial charge in [-0.05, 0) is 68.9 Å². The highest BCUT2D eigenvalue weighted by Gasteiger charge is 2.42. The third-order valence-electron chi connectivity index (χ3n) is 5.82. The zero-order valence-corrected chi connectivity index (χ0v) is 18.8. The molecule has 0 unspecified atom stereocenters. The van der Waals surface area contributed by atoms with Crippen LogP contribution in [0.25, 0.3) is 0 Å². The lowest BCUT2D eigenvalue weighted by atomic mass is 9.97. The van der Waals surface area contributed by atoms with Gasteiger partial charge in [-0.25, -0.2) is 0 Å². The minimum Gasteiger partial charge on any atom is -0.352 e. The van der Waals surface area contributed by atoms with E-state index in [1.54, 1.807) is 6.20 Å². The van der Waals surface area contributed by atoms with Gasteiger partial charge in [-0.2, -0.15) is 0 Å². The summed E-state index contributed by atoms with van der Waals surface area (Å²) in [5.74, 6) is -0.105. The van der Waals surface area contributed by atoms with Crippen LogP contribution in [0.4, 0.5) is 5.69 Å². The average molecular weight is 434 g/mol. The number of aryl methyl sites for hydroxylation is 1. The van der Waals surface area contributed by atoms with Gasteiger partial charge in [-0.3, -0.25) is 9.78 Å². The van der Waals surface area contributed by atoms with Gasteiger partial charge in [0.25, 0.3) is 0 Å². The maximum Gasteiger partial charge on any atom is 0.244 e. The molecule has 1 aromatic carbocycles. The van der Waals surface area contributed by atoms with Gasteiger partial charge >= 0.3 is 0 Å². The van der Waals surface area contributed by atoms with Crippen molar-refractivity contribution >= 4 is 28.9 Å². The molecule has 1 aliphatic rings. The van der Waals surface area contributed by atoms with Crippen LogP contribution < -0.4 is 10.6 Å². The Morgan fingerprint density at radius 1 is 1.16 bits per heavy atom. The van der Waals surface area contributed by atoms with E-state index in [1.165, 1.54) is 11.4 Å². The average Bonchev–Trinajstić information content (AvgIpc) is 3.24. The maximum atomic E-state index is 12.9. The number of anilines is 1. The van der Waals surface area contributed by atoms with E-state index in [2.05, 4.69) is 47.0 Å². The Bertz CT molecular complexity index is 1080. The van der Waals surface area contributed by atoms with E-state index in [9.17, 15) is 4.79 Å². The summed E-state index contributed by atoms with van der Waals surface area (Å²) in [5.41, 5.74) is 5.22. The minimum absolute atomic E-state index is 0.105. The topological polar surface area (TPSA) is 62.2 Å². The van der Waals surface area contributed by atoms with Gasteiger partial charge in [-0.1, -0.05) is 24.3 Å². The zero-order valence-electron chi connectivity index (χ0n) is 18.0. The van der Waals surface area contributed by atoms with Crippen molar-refractivity contribution in [1.29, 1.82) is 0 Å². The highest BCUT2D eigenvalue weighted by molar-refractivity contribution is 7.80. The summed E-state index contributed by atoms with van der Waals surface area (Å²) in [4.78, 5) is 19.4. The van der Waals surface area contributed by atoms with Gasteiger partial charge in [0.05, 0.1) is 17.8 Å². The number of aromatic nitrogens is 2. The third kappa shape index (κ3) is 4.18. The standard InChI is InChI=1S/C24H27N5OS/c1-4-28-16(2)14-19(17(28)3)23-22(20-12-8-9-13-25-20)27-24(31)29(23)15-21(30)26-18-10-6-5-7-11-18/h5-14,22-23H,4,15H2,1-3H3,(H,26,30)(H,27,31)/t22-,23+/m1/s1. The minimum atomic E-state index is -0.135. The Labute approximate surface area is 188 Å². The Morgan fingerprint density at radius 3 is 2.55 bits per heavy atom. The van der Waals surface area contributed by atoms with Crippen molar-refractivity contribution in [2.45, 2.75) is 39.4 Å². The fraction of sp³-hybridized carbons (Fsp3) is 0.292. The van der Waals surface area contributed by atoms with Crippen molar-refractivity contribution in [2.24, 2.45) is 0 Å². The molecule has 1 amide bonds. The van der Waals surface area contributed by atoms with E-state index in [1.807, 2.05) is 53.4 Å². The largest absolute Gasteiger partial charge is 0.352 e. The molecular formula is C24H27N5OS. The van der Waals surface area contributed by atoms with Crippen LogP contribution in [-0.4, -0.2) is 32.0 Å². The van der Waals surface area contributed by atoms with Crippen molar-refractivity contribution in [3.8, 4) is 0 Å². The SMILES string of the molecule is CCn1c(C)cc([C@H]2[C@@H](c3ccccn3)NC(=S)N2CC(=O)Nc2ccccc2)c1C. The van der Waals surface area contributed by atoms with Gasteiger partial charge in [0, 0.05) is 29.8 Å². The van der Waals surface area contributed by atoms with Gasteiger partial charge in [-0.15, -0.1) is 0 Å². The van der Waals surface area contributed by atoms with Crippen LogP contribution in [0.15, 0.2) is 60.8 Å². The summed E-state index contributed by atoms with van der Waals surface area (Å²) in [6.45, 7) is 7.44. The monoisotopic (exact) mass is 433 g/mol. The molecule has 2 aromatic heterocycles. The lowest BCUT2D eigenvalue weighted by molar-refractivity contribution is -0.116. The van der Waals surface area contributed by atoms with Gasteiger partial charge in [0.1, 0.15) is 6.54 Å². The molecule has 6 nitrogen and oxygen atoms in total. The number of para-hydroxylation sites is 1. The summed E-state index contributed by atoms with van der Waals surface area (Å²) >= 11 is 5.69. The Morgan fingerprint density at radius 2 is 1.90 bits per heavy atom. The highest BCUT2D eigenvalue weighted by atomic mass is 32.1. The number of hydrogen-bond acceptors (Lipinski definition) is 3. The number of nitrogens with one attached hydrogen (secondary N) is 2. The first-order valence-corrected chi connectivity index (χ1v) is 10.9. The first-order chi connectivity index (χ1) is 15.0. The quantitative estimate of drug-likeness (QED) is 0.573. The predicted octanol–water partition coefficient (Wildman–Crippen LogP) is 4.13. The van der Waals surface area contributed by atoms with E-state index in [-0.39, 0.29) is 24.5 Å². The van der Waals surface area contributed by atoms with E-state index in [0.717, 1.165) is 23.5 Å². The molecule has 1 aliphatic heterocycles. The van der Waals surface area contributed by atoms with E-state index in [4.69, 9.17) is 12.2 Å². The molecule has 2 atom stereocenters. The van der Waals surface area contributed by atoms with Gasteiger partial charge < -0.3 is 20.1 Å². The molecular weight excluding hydrogens is 406 g/mol. The number of hydrogen-bond donors (Lipinski definition) is 2. The number of rotatable bonds is 6. The fourth-order valence-electron chi connectivity index (χ4n) is 4.40. The predicted molar refractivity (Wildman–Crippen MR) is 127 cm³/mol. The number of carbonyl (C=O) groups excluding carboxylic acids is 1. The van der Waals surface area contributed by atoms with E-state index >= 15 is 0 Å². The second-order valence-corrected chi connectivity index (χ2v) is 8.13. The Kier molecular flexibility index (Phi) is 6.04. The number of benzene rings is 1. The molecule has 3 aromatic rings. The van der Waals surface area contributed by atoms with Crippen molar-refractivity contribution < 1.29 is 4.79 Å². The molecule has 0 saturated carbocycles. The fourth-order valence-corrected chi connectivity index (χ4v) is 4.71. The molecule has 7 heteroatoms. The summed E-state index contributed by atoms with van der Waals surface area (Å²) < 4.78 is 2.29. The number of carbonyl (C=O) groups is 1. The van der Waals surface area contributed by atoms with E-state index in [0.29, 0.717) is 5.11 Å². The molecule has 4 rings (SSSR count). The van der Waals surface area contributed by atoms with Crippen molar-refractivity contribution in [3.05, 3.63) is 83.4 Å². The summed E-state index contributed by atoms with van der Waals surface area (Å²) in [5, 5.41) is 6.95. The van der Waals surface area contributed by atoms with E-state index < -0.39 is 0 Å². The van der Waals surface area contributed by atoms with Crippen molar-refractivity contribution in [3.63, 3.8) is 0 Å². The smallest absolute Gasteiger partial charge is 0.244 e. The summed E-state index contributed by atoms with van der Waals surface area (Å²) in [6, 6.07) is 17.3. The molecule has 0 spiro atoms. The lowest BCUT2D eigenvalue weighted by Gasteiger charge is -2.27. The van der Waals surface area contributed by atoms with Gasteiger partial charge in [0.2, 0.25) is 5.91 Å². The first-order valence-electron chi connectivity index (χ1n) is 10.5. The second-order valence-electron chi connectivity index (χ2n) is 7.74. The highest BCUT2D eigenvalue weighted by Crippen LogP contribution is 2.40. The van der Waals surface area contributed by atoms with Crippen LogP contribution in [0, 0.1) is 13.8 Å². The van der Waals surface area contributed by atoms with Crippen LogP contribution in [0.1, 0.15) is 41.7 Å². The van der Waals surface area contributed by atoms with Crippen LogP contribution in [0.5, 0.6) is 0 Å². The number of pyridine rings is 1. The molecule has 0 aliphatic carbocycles. The molecule has 0 bridgehead atoms. The number of nitrogens with zero attached hydrogens (tertiary/aromatic N) is 3. The second kappa shape index (κ2) is 8.89. The Balaban J connectivity index is 1.69. The lowest BCUT2D eigenvalue weighted by Crippen LogP contribution is -2.37. The molecule has 1 fully saturated rings. The molecule has 160 valence electrons. The number of thiocarbonyl (C=S) groups is 1. The van der Waals surface area contributed by atoms with Crippen LogP contribution in [0.2, 0.25) is 0 Å². The number of amides is 1. The zero-order chi connectivity index (χ0) is 22.0. The van der Waals surface area contributed by atoms with Crippen LogP contribution in [-0.2, 0) is 11.3 Å². The molecule has 0 radical (unpaired) electrons. The van der Waals surface area contributed by atoms with Crippen molar-refractivity contribution in [2.75, 3.05) is 11.9 Å². The Hall–Kier alpha value is -3.19.